The number of aliphatic hydroxyl groups excluding tert-OH is 1. The summed E-state index contributed by atoms with van der Waals surface area (Å²) in [6, 6.07) is 7.72. The first-order valence-corrected chi connectivity index (χ1v) is 10.9. The lowest BCUT2D eigenvalue weighted by Crippen LogP contribution is -2.32. The lowest BCUT2D eigenvalue weighted by molar-refractivity contribution is -0.0508. The molecule has 3 aromatic heterocycles. The Kier molecular flexibility index (Phi) is 4.33. The number of hydrogen-bond donors (Lipinski definition) is 1. The Hall–Kier alpha value is -2.75. The highest BCUT2D eigenvalue weighted by Gasteiger charge is 2.33. The summed E-state index contributed by atoms with van der Waals surface area (Å²) in [6.45, 7) is 2.23. The molecule has 9 heteroatoms. The van der Waals surface area contributed by atoms with Gasteiger partial charge in [0.15, 0.2) is 0 Å². The maximum Gasteiger partial charge on any atom is 0.141 e. The molecule has 1 aliphatic carbocycles. The van der Waals surface area contributed by atoms with Crippen molar-refractivity contribution in [3.8, 4) is 11.4 Å². The van der Waals surface area contributed by atoms with E-state index in [1.165, 1.54) is 17.7 Å². The monoisotopic (exact) mass is 423 g/mol. The summed E-state index contributed by atoms with van der Waals surface area (Å²) in [5.41, 5.74) is 2.25. The molecule has 8 nitrogen and oxygen atoms in total. The third kappa shape index (κ3) is 3.19. The smallest absolute Gasteiger partial charge is 0.141 e. The number of aliphatic hydroxyl groups is 1. The topological polar surface area (TPSA) is 86.7 Å². The second-order valence-electron chi connectivity index (χ2n) is 7.93. The number of ether oxygens (including phenoxy) is 2. The zero-order chi connectivity index (χ0) is 20.1. The third-order valence-corrected chi connectivity index (χ3v) is 6.90. The Morgan fingerprint density at radius 3 is 2.80 bits per heavy atom. The van der Waals surface area contributed by atoms with Crippen molar-refractivity contribution in [3.63, 3.8) is 0 Å². The number of nitrogens with zero attached hydrogens (tertiary/aromatic N) is 5. The van der Waals surface area contributed by atoms with E-state index in [0.717, 1.165) is 35.2 Å². The average Bonchev–Trinajstić information content (AvgIpc) is 3.13. The molecule has 1 atom stereocenters. The van der Waals surface area contributed by atoms with Crippen molar-refractivity contribution in [1.29, 1.82) is 0 Å². The van der Waals surface area contributed by atoms with Gasteiger partial charge < -0.3 is 14.6 Å². The van der Waals surface area contributed by atoms with E-state index in [1.54, 1.807) is 28.5 Å². The van der Waals surface area contributed by atoms with Crippen LogP contribution in [0.4, 0.5) is 0 Å². The normalized spacial score (nSPS) is 17.9. The summed E-state index contributed by atoms with van der Waals surface area (Å²) >= 11 is 1.70. The molecule has 0 spiro atoms. The number of fused-ring (bicyclic) bond motifs is 1. The number of benzene rings is 1. The van der Waals surface area contributed by atoms with Crippen LogP contribution >= 0.6 is 11.3 Å². The van der Waals surface area contributed by atoms with Gasteiger partial charge in [-0.2, -0.15) is 0 Å². The molecule has 1 saturated heterocycles. The Balaban J connectivity index is 1.23. The van der Waals surface area contributed by atoms with Gasteiger partial charge in [-0.1, -0.05) is 5.21 Å². The van der Waals surface area contributed by atoms with Gasteiger partial charge >= 0.3 is 0 Å². The summed E-state index contributed by atoms with van der Waals surface area (Å²) in [4.78, 5) is 6.49. The van der Waals surface area contributed by atoms with E-state index in [-0.39, 0.29) is 0 Å². The first kappa shape index (κ1) is 18.1. The van der Waals surface area contributed by atoms with Crippen LogP contribution in [-0.2, 0) is 4.74 Å². The molecule has 4 aromatic rings. The van der Waals surface area contributed by atoms with Crippen LogP contribution in [0.2, 0.25) is 0 Å². The fourth-order valence-electron chi connectivity index (χ4n) is 3.69. The van der Waals surface area contributed by atoms with Crippen LogP contribution in [0.3, 0.4) is 0 Å². The highest BCUT2D eigenvalue weighted by Crippen LogP contribution is 2.47. The summed E-state index contributed by atoms with van der Waals surface area (Å²) in [6.07, 6.45) is 6.88. The van der Waals surface area contributed by atoms with Gasteiger partial charge in [0, 0.05) is 10.8 Å². The third-order valence-electron chi connectivity index (χ3n) is 5.62. The van der Waals surface area contributed by atoms with Crippen LogP contribution in [-0.4, -0.2) is 49.3 Å². The molecule has 4 heterocycles. The van der Waals surface area contributed by atoms with Crippen LogP contribution in [0.15, 0.2) is 43.0 Å². The van der Waals surface area contributed by atoms with Crippen molar-refractivity contribution in [1.82, 2.24) is 24.4 Å². The van der Waals surface area contributed by atoms with Gasteiger partial charge in [-0.25, -0.2) is 9.67 Å². The highest BCUT2D eigenvalue weighted by atomic mass is 32.1. The van der Waals surface area contributed by atoms with Gasteiger partial charge in [0.1, 0.15) is 28.7 Å². The standard InChI is InChI=1S/C21H21N5O3S/c27-20(19-21(14-1-2-14)30-18-7-22-12-25(18)19)17-8-26(24-23-17)15-3-5-16(6-4-15)29-11-13-9-28-10-13/h3-8,12-14,20,27H,1-2,9-11H2. The Morgan fingerprint density at radius 2 is 2.07 bits per heavy atom. The summed E-state index contributed by atoms with van der Waals surface area (Å²) in [5, 5.41) is 19.6. The molecule has 1 aliphatic heterocycles. The van der Waals surface area contributed by atoms with Gasteiger partial charge in [0.05, 0.1) is 43.6 Å². The minimum atomic E-state index is -0.843. The quantitative estimate of drug-likeness (QED) is 0.492. The maximum absolute atomic E-state index is 11.1. The van der Waals surface area contributed by atoms with Crippen molar-refractivity contribution >= 4 is 16.2 Å². The molecule has 154 valence electrons. The minimum Gasteiger partial charge on any atom is -0.493 e. The van der Waals surface area contributed by atoms with Crippen molar-refractivity contribution in [2.45, 2.75) is 24.9 Å². The molecule has 1 N–H and O–H groups in total. The predicted octanol–water partition coefficient (Wildman–Crippen LogP) is 2.96. The van der Waals surface area contributed by atoms with E-state index in [1.807, 2.05) is 34.9 Å². The van der Waals surface area contributed by atoms with Crippen LogP contribution < -0.4 is 4.74 Å². The first-order chi connectivity index (χ1) is 14.8. The van der Waals surface area contributed by atoms with Crippen LogP contribution in [0.1, 0.15) is 41.1 Å². The second kappa shape index (κ2) is 7.19. The molecule has 6 rings (SSSR count). The SMILES string of the molecule is OC(c1cn(-c2ccc(OCC3COC3)cc2)nn1)c1c(C2CC2)sc2cncn12. The molecule has 2 fully saturated rings. The van der Waals surface area contributed by atoms with Crippen molar-refractivity contribution < 1.29 is 14.6 Å². The van der Waals surface area contributed by atoms with Gasteiger partial charge in [0.2, 0.25) is 0 Å². The van der Waals surface area contributed by atoms with Gasteiger partial charge in [0.25, 0.3) is 0 Å². The van der Waals surface area contributed by atoms with Gasteiger partial charge in [-0.15, -0.1) is 16.4 Å². The Bertz CT molecular complexity index is 1170. The molecule has 0 bridgehead atoms. The fraction of sp³-hybridized carbons (Fsp3) is 0.381. The Labute approximate surface area is 176 Å². The molecule has 1 unspecified atom stereocenters. The predicted molar refractivity (Wildman–Crippen MR) is 110 cm³/mol. The van der Waals surface area contributed by atoms with Crippen molar-refractivity contribution in [3.05, 3.63) is 59.3 Å². The van der Waals surface area contributed by atoms with E-state index in [2.05, 4.69) is 15.3 Å². The largest absolute Gasteiger partial charge is 0.493 e. The van der Waals surface area contributed by atoms with Crippen molar-refractivity contribution in [2.24, 2.45) is 5.92 Å². The number of aromatic nitrogens is 5. The van der Waals surface area contributed by atoms with E-state index in [0.29, 0.717) is 24.1 Å². The van der Waals surface area contributed by atoms with Gasteiger partial charge in [-0.05, 0) is 43.0 Å². The lowest BCUT2D eigenvalue weighted by atomic mass is 10.1. The van der Waals surface area contributed by atoms with E-state index >= 15 is 0 Å². The van der Waals surface area contributed by atoms with E-state index < -0.39 is 6.10 Å². The second-order valence-corrected chi connectivity index (χ2v) is 8.99. The fourth-order valence-corrected chi connectivity index (χ4v) is 4.99. The van der Waals surface area contributed by atoms with Crippen LogP contribution in [0.5, 0.6) is 5.75 Å². The number of thiazole rings is 1. The molecular formula is C21H21N5O3S. The summed E-state index contributed by atoms with van der Waals surface area (Å²) < 4.78 is 14.6. The van der Waals surface area contributed by atoms with Crippen LogP contribution in [0.25, 0.3) is 10.5 Å². The number of hydrogen-bond acceptors (Lipinski definition) is 7. The molecule has 0 amide bonds. The van der Waals surface area contributed by atoms with E-state index in [4.69, 9.17) is 9.47 Å². The maximum atomic E-state index is 11.1. The zero-order valence-electron chi connectivity index (χ0n) is 16.2. The highest BCUT2D eigenvalue weighted by molar-refractivity contribution is 7.17. The molecular weight excluding hydrogens is 402 g/mol. The molecule has 30 heavy (non-hydrogen) atoms. The minimum absolute atomic E-state index is 0.489. The first-order valence-electron chi connectivity index (χ1n) is 10.1. The summed E-state index contributed by atoms with van der Waals surface area (Å²) in [5.74, 6) is 1.85. The summed E-state index contributed by atoms with van der Waals surface area (Å²) in [7, 11) is 0. The Morgan fingerprint density at radius 1 is 1.23 bits per heavy atom. The molecule has 0 radical (unpaired) electrons. The van der Waals surface area contributed by atoms with Gasteiger partial charge in [-0.3, -0.25) is 4.40 Å². The lowest BCUT2D eigenvalue weighted by Gasteiger charge is -2.25. The molecule has 1 saturated carbocycles. The number of rotatable bonds is 7. The molecule has 2 aliphatic rings. The van der Waals surface area contributed by atoms with E-state index in [9.17, 15) is 5.11 Å². The molecule has 1 aromatic carbocycles. The number of imidazole rings is 1. The zero-order valence-corrected chi connectivity index (χ0v) is 17.0. The van der Waals surface area contributed by atoms with Crippen LogP contribution in [0, 0.1) is 5.92 Å². The van der Waals surface area contributed by atoms with Crippen molar-refractivity contribution in [2.75, 3.05) is 19.8 Å². The average molecular weight is 423 g/mol.